The first kappa shape index (κ1) is 21.1. The van der Waals surface area contributed by atoms with E-state index in [0.29, 0.717) is 28.8 Å². The minimum absolute atomic E-state index is 0.0233. The Kier molecular flexibility index (Phi) is 7.19. The molecule has 0 unspecified atom stereocenters. The Bertz CT molecular complexity index is 1090. The molecule has 0 radical (unpaired) electrons. The van der Waals surface area contributed by atoms with Crippen molar-refractivity contribution in [3.8, 4) is 11.8 Å². The molecule has 1 amide bonds. The number of carbonyl (C=O) groups is 1. The summed E-state index contributed by atoms with van der Waals surface area (Å²) in [5.74, 6) is 0.00767. The molecular formula is C21H18FN5O2S. The summed E-state index contributed by atoms with van der Waals surface area (Å²) in [5, 5.41) is 20.4. The molecule has 30 heavy (non-hydrogen) atoms. The number of hydrogen-bond donors (Lipinski definition) is 1. The van der Waals surface area contributed by atoms with Gasteiger partial charge in [0.25, 0.3) is 0 Å². The van der Waals surface area contributed by atoms with Crippen LogP contribution in [0.3, 0.4) is 0 Å². The number of aromatic nitrogens is 3. The first-order valence-electron chi connectivity index (χ1n) is 8.94. The van der Waals surface area contributed by atoms with Gasteiger partial charge < -0.3 is 10.1 Å². The minimum atomic E-state index is -0.459. The molecule has 1 heterocycles. The Morgan fingerprint density at radius 3 is 2.90 bits per heavy atom. The second kappa shape index (κ2) is 10.2. The quantitative estimate of drug-likeness (QED) is 0.416. The van der Waals surface area contributed by atoms with E-state index in [1.165, 1.54) is 23.9 Å². The van der Waals surface area contributed by atoms with Crippen molar-refractivity contribution in [2.75, 3.05) is 11.1 Å². The fourth-order valence-electron chi connectivity index (χ4n) is 2.54. The number of amides is 1. The van der Waals surface area contributed by atoms with Gasteiger partial charge in [0.2, 0.25) is 5.91 Å². The Morgan fingerprint density at radius 1 is 1.30 bits per heavy atom. The van der Waals surface area contributed by atoms with Crippen molar-refractivity contribution < 1.29 is 13.9 Å². The third-order valence-electron chi connectivity index (χ3n) is 3.91. The highest BCUT2D eigenvalue weighted by Crippen LogP contribution is 2.21. The molecule has 3 rings (SSSR count). The Morgan fingerprint density at radius 2 is 2.13 bits per heavy atom. The normalized spacial score (nSPS) is 10.3. The number of ether oxygens (including phenoxy) is 1. The number of allylic oxidation sites excluding steroid dienone is 1. The number of rotatable bonds is 9. The average Bonchev–Trinajstić information content (AvgIpc) is 3.13. The van der Waals surface area contributed by atoms with Crippen LogP contribution in [0.2, 0.25) is 0 Å². The fraction of sp³-hybridized carbons (Fsp3) is 0.143. The van der Waals surface area contributed by atoms with Crippen LogP contribution in [0.1, 0.15) is 11.4 Å². The molecule has 1 aromatic heterocycles. The number of benzene rings is 2. The maximum Gasteiger partial charge on any atom is 0.234 e. The van der Waals surface area contributed by atoms with E-state index >= 15 is 0 Å². The molecule has 0 saturated carbocycles. The van der Waals surface area contributed by atoms with E-state index in [1.54, 1.807) is 47.0 Å². The smallest absolute Gasteiger partial charge is 0.234 e. The molecule has 0 saturated heterocycles. The molecule has 7 nitrogen and oxygen atoms in total. The van der Waals surface area contributed by atoms with Crippen LogP contribution in [-0.2, 0) is 17.9 Å². The lowest BCUT2D eigenvalue weighted by molar-refractivity contribution is -0.113. The third kappa shape index (κ3) is 5.46. The van der Waals surface area contributed by atoms with Gasteiger partial charge in [0.05, 0.1) is 17.4 Å². The largest absolute Gasteiger partial charge is 0.483 e. The minimum Gasteiger partial charge on any atom is -0.483 e. The van der Waals surface area contributed by atoms with Gasteiger partial charge in [-0.05, 0) is 30.3 Å². The molecule has 0 spiro atoms. The van der Waals surface area contributed by atoms with E-state index in [2.05, 4.69) is 22.1 Å². The molecule has 1 N–H and O–H groups in total. The number of carbonyl (C=O) groups excluding carboxylic acids is 1. The highest BCUT2D eigenvalue weighted by Gasteiger charge is 2.15. The number of nitrogens with one attached hydrogen (secondary N) is 1. The Labute approximate surface area is 177 Å². The first-order valence-corrected chi connectivity index (χ1v) is 9.92. The average molecular weight is 423 g/mol. The number of nitriles is 1. The third-order valence-corrected chi connectivity index (χ3v) is 4.87. The number of thioether (sulfide) groups is 1. The molecule has 3 aromatic rings. The van der Waals surface area contributed by atoms with Crippen LogP contribution >= 0.6 is 11.8 Å². The Balaban J connectivity index is 1.62. The van der Waals surface area contributed by atoms with Gasteiger partial charge >= 0.3 is 0 Å². The van der Waals surface area contributed by atoms with Crippen molar-refractivity contribution in [2.24, 2.45) is 0 Å². The number of hydrogen-bond acceptors (Lipinski definition) is 6. The molecular weight excluding hydrogens is 405 g/mol. The van der Waals surface area contributed by atoms with Crippen LogP contribution in [0.5, 0.6) is 5.75 Å². The molecule has 0 atom stereocenters. The summed E-state index contributed by atoms with van der Waals surface area (Å²) in [7, 11) is 0. The standard InChI is InChI=1S/C21H18FN5O2S/c1-2-10-27-19(13-29-18-9-4-3-8-17(18)22)25-26-21(27)30-14-20(28)24-16-7-5-6-15(11-16)12-23/h2-9,11H,1,10,13-14H2,(H,24,28). The zero-order valence-electron chi connectivity index (χ0n) is 15.9. The molecule has 0 fully saturated rings. The van der Waals surface area contributed by atoms with Gasteiger partial charge in [-0.1, -0.05) is 36.0 Å². The van der Waals surface area contributed by atoms with Crippen molar-refractivity contribution >= 4 is 23.4 Å². The fourth-order valence-corrected chi connectivity index (χ4v) is 3.31. The van der Waals surface area contributed by atoms with Crippen molar-refractivity contribution in [1.29, 1.82) is 5.26 Å². The zero-order chi connectivity index (χ0) is 21.3. The zero-order valence-corrected chi connectivity index (χ0v) is 16.7. The van der Waals surface area contributed by atoms with E-state index in [0.717, 1.165) is 0 Å². The van der Waals surface area contributed by atoms with E-state index in [4.69, 9.17) is 10.00 Å². The summed E-state index contributed by atoms with van der Waals surface area (Å²) < 4.78 is 21.0. The highest BCUT2D eigenvalue weighted by molar-refractivity contribution is 7.99. The number of anilines is 1. The highest BCUT2D eigenvalue weighted by atomic mass is 32.2. The lowest BCUT2D eigenvalue weighted by Gasteiger charge is -2.10. The molecule has 9 heteroatoms. The number of nitrogens with zero attached hydrogens (tertiary/aromatic N) is 4. The SMILES string of the molecule is C=CCn1c(COc2ccccc2F)nnc1SCC(=O)Nc1cccc(C#N)c1. The van der Waals surface area contributed by atoms with Crippen molar-refractivity contribution in [3.63, 3.8) is 0 Å². The van der Waals surface area contributed by atoms with Gasteiger partial charge in [0.15, 0.2) is 22.5 Å². The molecule has 2 aromatic carbocycles. The van der Waals surface area contributed by atoms with Crippen LogP contribution in [0.25, 0.3) is 0 Å². The van der Waals surface area contributed by atoms with Gasteiger partial charge in [0, 0.05) is 12.2 Å². The van der Waals surface area contributed by atoms with E-state index in [9.17, 15) is 9.18 Å². The summed E-state index contributed by atoms with van der Waals surface area (Å²) in [4.78, 5) is 12.3. The van der Waals surface area contributed by atoms with Crippen LogP contribution < -0.4 is 10.1 Å². The predicted octanol–water partition coefficient (Wildman–Crippen LogP) is 3.78. The summed E-state index contributed by atoms with van der Waals surface area (Å²) in [6.45, 7) is 4.16. The predicted molar refractivity (Wildman–Crippen MR) is 111 cm³/mol. The second-order valence-electron chi connectivity index (χ2n) is 6.05. The van der Waals surface area contributed by atoms with Crippen LogP contribution in [0, 0.1) is 17.1 Å². The lowest BCUT2D eigenvalue weighted by Crippen LogP contribution is -2.15. The summed E-state index contributed by atoms with van der Waals surface area (Å²) >= 11 is 1.20. The lowest BCUT2D eigenvalue weighted by atomic mass is 10.2. The maximum absolute atomic E-state index is 13.7. The van der Waals surface area contributed by atoms with Gasteiger partial charge in [-0.2, -0.15) is 5.26 Å². The van der Waals surface area contributed by atoms with E-state index in [-0.39, 0.29) is 24.0 Å². The van der Waals surface area contributed by atoms with Gasteiger partial charge in [-0.15, -0.1) is 16.8 Å². The topological polar surface area (TPSA) is 92.8 Å². The first-order chi connectivity index (χ1) is 14.6. The monoisotopic (exact) mass is 423 g/mol. The molecule has 0 bridgehead atoms. The number of halogens is 1. The second-order valence-corrected chi connectivity index (χ2v) is 6.99. The summed E-state index contributed by atoms with van der Waals surface area (Å²) in [5.41, 5.74) is 1.01. The summed E-state index contributed by atoms with van der Waals surface area (Å²) in [6, 6.07) is 14.8. The van der Waals surface area contributed by atoms with E-state index in [1.807, 2.05) is 6.07 Å². The maximum atomic E-state index is 13.7. The molecule has 152 valence electrons. The Hall–Kier alpha value is -3.64. The summed E-state index contributed by atoms with van der Waals surface area (Å²) in [6.07, 6.45) is 1.67. The molecule has 0 aliphatic rings. The van der Waals surface area contributed by atoms with Crippen molar-refractivity contribution in [1.82, 2.24) is 14.8 Å². The molecule has 0 aliphatic carbocycles. The van der Waals surface area contributed by atoms with Crippen LogP contribution in [0.15, 0.2) is 66.3 Å². The van der Waals surface area contributed by atoms with Gasteiger partial charge in [0.1, 0.15) is 6.61 Å². The van der Waals surface area contributed by atoms with Gasteiger partial charge in [-0.3, -0.25) is 9.36 Å². The van der Waals surface area contributed by atoms with Crippen LogP contribution in [0.4, 0.5) is 10.1 Å². The van der Waals surface area contributed by atoms with Crippen molar-refractivity contribution in [2.45, 2.75) is 18.3 Å². The van der Waals surface area contributed by atoms with Crippen LogP contribution in [-0.4, -0.2) is 26.4 Å². The number of para-hydroxylation sites is 1. The van der Waals surface area contributed by atoms with E-state index < -0.39 is 5.82 Å². The van der Waals surface area contributed by atoms with Gasteiger partial charge in [-0.25, -0.2) is 4.39 Å². The molecule has 0 aliphatic heterocycles. The van der Waals surface area contributed by atoms with Crippen molar-refractivity contribution in [3.05, 3.63) is 78.4 Å².